The summed E-state index contributed by atoms with van der Waals surface area (Å²) < 4.78 is 36.6. The van der Waals surface area contributed by atoms with E-state index >= 15 is 0 Å². The summed E-state index contributed by atoms with van der Waals surface area (Å²) in [4.78, 5) is 13.1. The van der Waals surface area contributed by atoms with Gasteiger partial charge in [0.15, 0.2) is 5.76 Å². The molecule has 0 atom stereocenters. The van der Waals surface area contributed by atoms with E-state index in [0.29, 0.717) is 46.8 Å². The number of nitrogens with zero attached hydrogens (tertiary/aromatic N) is 6. The second kappa shape index (κ2) is 7.08. The molecule has 9 heteroatoms. The van der Waals surface area contributed by atoms with Crippen molar-refractivity contribution in [1.82, 2.24) is 29.3 Å². The molecule has 0 unspecified atom stereocenters. The van der Waals surface area contributed by atoms with Gasteiger partial charge in [0.05, 0.1) is 23.4 Å². The predicted molar refractivity (Wildman–Crippen MR) is 114 cm³/mol. The predicted octanol–water partition coefficient (Wildman–Crippen LogP) is 4.97. The van der Waals surface area contributed by atoms with Gasteiger partial charge in [-0.25, -0.2) is 23.7 Å². The molecule has 160 valence electrons. The zero-order chi connectivity index (χ0) is 21.8. The second-order valence-electron chi connectivity index (χ2n) is 8.08. The van der Waals surface area contributed by atoms with Gasteiger partial charge >= 0.3 is 0 Å². The zero-order valence-electron chi connectivity index (χ0n) is 17.1. The van der Waals surface area contributed by atoms with Crippen LogP contribution in [0.4, 0.5) is 8.78 Å². The normalized spacial score (nSPS) is 18.2. The molecule has 1 aliphatic rings. The summed E-state index contributed by atoms with van der Waals surface area (Å²) in [5.74, 6) is 0.255. The summed E-state index contributed by atoms with van der Waals surface area (Å²) >= 11 is 0. The number of aromatic nitrogens is 6. The van der Waals surface area contributed by atoms with Crippen LogP contribution in [0.3, 0.4) is 0 Å². The first-order valence-electron chi connectivity index (χ1n) is 10.3. The summed E-state index contributed by atoms with van der Waals surface area (Å²) in [7, 11) is 1.89. The van der Waals surface area contributed by atoms with E-state index < -0.39 is 6.17 Å². The van der Waals surface area contributed by atoms with Gasteiger partial charge in [0, 0.05) is 43.4 Å². The first kappa shape index (κ1) is 18.9. The second-order valence-corrected chi connectivity index (χ2v) is 8.08. The smallest absolute Gasteiger partial charge is 0.230 e. The molecular formula is C23H18F2N6O. The third-order valence-electron chi connectivity index (χ3n) is 5.82. The zero-order valence-corrected chi connectivity index (χ0v) is 17.1. The lowest BCUT2D eigenvalue weighted by Gasteiger charge is -2.29. The van der Waals surface area contributed by atoms with Crippen LogP contribution in [0.2, 0.25) is 0 Å². The largest absolute Gasteiger partial charge is 0.436 e. The summed E-state index contributed by atoms with van der Waals surface area (Å²) in [5.41, 5.74) is 3.90. The van der Waals surface area contributed by atoms with Crippen molar-refractivity contribution in [2.45, 2.75) is 25.1 Å². The number of imidazole rings is 1. The molecule has 0 amide bonds. The minimum atomic E-state index is -0.803. The summed E-state index contributed by atoms with van der Waals surface area (Å²) in [5, 5.41) is 5.45. The fourth-order valence-corrected chi connectivity index (χ4v) is 4.05. The van der Waals surface area contributed by atoms with E-state index in [1.54, 1.807) is 23.1 Å². The number of furan rings is 1. The van der Waals surface area contributed by atoms with Gasteiger partial charge in [0.1, 0.15) is 29.7 Å². The fraction of sp³-hybridized carbons (Fsp3) is 0.217. The van der Waals surface area contributed by atoms with E-state index in [9.17, 15) is 8.78 Å². The monoisotopic (exact) mass is 432 g/mol. The highest BCUT2D eigenvalue weighted by molar-refractivity contribution is 5.95. The Morgan fingerprint density at radius 3 is 2.56 bits per heavy atom. The number of halogens is 2. The molecule has 0 bridgehead atoms. The van der Waals surface area contributed by atoms with Crippen molar-refractivity contribution in [1.29, 1.82) is 0 Å². The SMILES string of the molecule is Cn1cnc(-c2cc3c(-c4cn([C@H]5C[C@@H](F)C5)nc4-c4ccc(F)cc4)ncnc3o2)c1. The molecule has 0 aliphatic heterocycles. The molecule has 7 nitrogen and oxygen atoms in total. The molecule has 4 heterocycles. The number of hydrogen-bond donors (Lipinski definition) is 0. The van der Waals surface area contributed by atoms with Crippen molar-refractivity contribution in [3.05, 3.63) is 61.2 Å². The standard InChI is InChI=1S/C23H18F2N6O/c1-30-10-19(28-12-30)20-8-17-22(26-11-27-23(17)32-20)18-9-31(16-6-15(25)7-16)29-21(18)13-2-4-14(24)5-3-13/h2-5,8-12,15-16H,6-7H2,1H3/t15-,16+. The van der Waals surface area contributed by atoms with Gasteiger partial charge in [-0.1, -0.05) is 0 Å². The van der Waals surface area contributed by atoms with E-state index in [4.69, 9.17) is 9.52 Å². The molecule has 1 aromatic carbocycles. The highest BCUT2D eigenvalue weighted by Crippen LogP contribution is 2.40. The van der Waals surface area contributed by atoms with Gasteiger partial charge in [-0.05, 0) is 30.3 Å². The van der Waals surface area contributed by atoms with Crippen LogP contribution in [0, 0.1) is 5.82 Å². The number of fused-ring (bicyclic) bond motifs is 1. The van der Waals surface area contributed by atoms with Crippen molar-refractivity contribution in [2.75, 3.05) is 0 Å². The van der Waals surface area contributed by atoms with Crippen LogP contribution in [0.15, 0.2) is 59.8 Å². The van der Waals surface area contributed by atoms with Crippen LogP contribution in [0.5, 0.6) is 0 Å². The molecule has 0 saturated heterocycles. The van der Waals surface area contributed by atoms with Crippen LogP contribution < -0.4 is 0 Å². The Morgan fingerprint density at radius 1 is 1.03 bits per heavy atom. The Balaban J connectivity index is 1.52. The molecule has 1 aliphatic carbocycles. The van der Waals surface area contributed by atoms with E-state index in [-0.39, 0.29) is 11.9 Å². The third kappa shape index (κ3) is 3.08. The molecule has 1 saturated carbocycles. The van der Waals surface area contributed by atoms with E-state index in [2.05, 4.69) is 15.0 Å². The maximum Gasteiger partial charge on any atom is 0.230 e. The lowest BCUT2D eigenvalue weighted by molar-refractivity contribution is 0.128. The summed E-state index contributed by atoms with van der Waals surface area (Å²) in [6, 6.07) is 8.00. The first-order chi connectivity index (χ1) is 15.5. The highest BCUT2D eigenvalue weighted by Gasteiger charge is 2.32. The number of rotatable bonds is 4. The molecule has 6 rings (SSSR count). The van der Waals surface area contributed by atoms with E-state index in [0.717, 1.165) is 11.1 Å². The van der Waals surface area contributed by atoms with Crippen LogP contribution in [0.25, 0.3) is 45.1 Å². The fourth-order valence-electron chi connectivity index (χ4n) is 4.05. The van der Waals surface area contributed by atoms with Crippen molar-refractivity contribution in [3.8, 4) is 34.0 Å². The van der Waals surface area contributed by atoms with Crippen LogP contribution in [-0.4, -0.2) is 35.5 Å². The van der Waals surface area contributed by atoms with E-state index in [1.807, 2.05) is 30.1 Å². The number of alkyl halides is 1. The minimum absolute atomic E-state index is 0.0105. The maximum absolute atomic E-state index is 13.5. The van der Waals surface area contributed by atoms with Crippen molar-refractivity contribution in [2.24, 2.45) is 7.05 Å². The number of benzene rings is 1. The third-order valence-corrected chi connectivity index (χ3v) is 5.82. The highest BCUT2D eigenvalue weighted by atomic mass is 19.1. The maximum atomic E-state index is 13.5. The molecule has 0 spiro atoms. The molecule has 32 heavy (non-hydrogen) atoms. The van der Waals surface area contributed by atoms with Crippen molar-refractivity contribution in [3.63, 3.8) is 0 Å². The number of hydrogen-bond acceptors (Lipinski definition) is 5. The summed E-state index contributed by atoms with van der Waals surface area (Å²) in [6.07, 6.45) is 6.93. The van der Waals surface area contributed by atoms with Gasteiger partial charge in [0.25, 0.3) is 0 Å². The molecule has 5 aromatic rings. The Kier molecular flexibility index (Phi) is 4.17. The minimum Gasteiger partial charge on any atom is -0.436 e. The van der Waals surface area contributed by atoms with Crippen LogP contribution >= 0.6 is 0 Å². The quantitative estimate of drug-likeness (QED) is 0.401. The van der Waals surface area contributed by atoms with Gasteiger partial charge in [0.2, 0.25) is 5.71 Å². The van der Waals surface area contributed by atoms with Gasteiger partial charge in [-0.3, -0.25) is 4.68 Å². The molecule has 0 radical (unpaired) electrons. The Morgan fingerprint density at radius 2 is 1.84 bits per heavy atom. The van der Waals surface area contributed by atoms with Gasteiger partial charge in [-0.2, -0.15) is 5.10 Å². The Hall–Kier alpha value is -3.88. The lowest BCUT2D eigenvalue weighted by Crippen LogP contribution is -2.28. The summed E-state index contributed by atoms with van der Waals surface area (Å²) in [6.45, 7) is 0. The van der Waals surface area contributed by atoms with Crippen molar-refractivity contribution >= 4 is 11.1 Å². The molecular weight excluding hydrogens is 414 g/mol. The molecule has 0 N–H and O–H groups in total. The Labute approximate surface area is 181 Å². The number of aryl methyl sites for hydroxylation is 1. The van der Waals surface area contributed by atoms with E-state index in [1.165, 1.54) is 18.5 Å². The average Bonchev–Trinajstić information content (AvgIpc) is 3.49. The van der Waals surface area contributed by atoms with Crippen LogP contribution in [0.1, 0.15) is 18.9 Å². The topological polar surface area (TPSA) is 74.6 Å². The van der Waals surface area contributed by atoms with Crippen molar-refractivity contribution < 1.29 is 13.2 Å². The molecule has 1 fully saturated rings. The molecule has 4 aromatic heterocycles. The van der Waals surface area contributed by atoms with Gasteiger partial charge in [-0.15, -0.1) is 0 Å². The lowest BCUT2D eigenvalue weighted by atomic mass is 9.91. The first-order valence-corrected chi connectivity index (χ1v) is 10.3. The average molecular weight is 432 g/mol. The van der Waals surface area contributed by atoms with Gasteiger partial charge < -0.3 is 8.98 Å². The van der Waals surface area contributed by atoms with Crippen LogP contribution in [-0.2, 0) is 7.05 Å². The Bertz CT molecular complexity index is 1430.